The molecule has 0 aliphatic heterocycles. The zero-order chi connectivity index (χ0) is 12.1. The molecule has 1 heterocycles. The van der Waals surface area contributed by atoms with Gasteiger partial charge in [0.1, 0.15) is 5.82 Å². The molecule has 86 valence electrons. The first kappa shape index (κ1) is 12.1. The van der Waals surface area contributed by atoms with Gasteiger partial charge in [0.05, 0.1) is 21.1 Å². The third kappa shape index (κ3) is 1.92. The molecule has 2 nitrogen and oxygen atoms in total. The predicted octanol–water partition coefficient (Wildman–Crippen LogP) is 4.55. The highest BCUT2D eigenvalue weighted by atomic mass is 79.9. The summed E-state index contributed by atoms with van der Waals surface area (Å²) in [5.74, 6) is 0.176. The molecule has 0 aliphatic carbocycles. The maximum atomic E-state index is 13.3. The van der Waals surface area contributed by atoms with Crippen molar-refractivity contribution in [3.63, 3.8) is 0 Å². The number of imidazole rings is 1. The number of fused-ring (bicyclic) bond motifs is 1. The van der Waals surface area contributed by atoms with Crippen molar-refractivity contribution in [1.82, 2.24) is 9.55 Å². The van der Waals surface area contributed by atoms with E-state index in [4.69, 9.17) is 23.2 Å². The lowest BCUT2D eigenvalue weighted by Gasteiger charge is -2.12. The summed E-state index contributed by atoms with van der Waals surface area (Å²) in [4.78, 5) is 0.786. The van der Waals surface area contributed by atoms with Crippen molar-refractivity contribution in [1.29, 1.82) is 0 Å². The number of nitrogens with zero attached hydrogens (tertiary/aromatic N) is 2. The van der Waals surface area contributed by atoms with E-state index in [1.165, 1.54) is 19.1 Å². The molecule has 0 bridgehead atoms. The lowest BCUT2D eigenvalue weighted by Crippen LogP contribution is -2.15. The normalized spacial score (nSPS) is 12.4. The van der Waals surface area contributed by atoms with Crippen LogP contribution in [-0.4, -0.2) is 9.55 Å². The van der Waals surface area contributed by atoms with Crippen molar-refractivity contribution in [2.45, 2.75) is 11.9 Å². The molecule has 0 atom stereocenters. The van der Waals surface area contributed by atoms with E-state index >= 15 is 0 Å². The van der Waals surface area contributed by atoms with Crippen molar-refractivity contribution < 1.29 is 8.78 Å². The van der Waals surface area contributed by atoms with Gasteiger partial charge in [0.2, 0.25) is 0 Å². The highest BCUT2D eigenvalue weighted by molar-refractivity contribution is 9.09. The van der Waals surface area contributed by atoms with Crippen LogP contribution in [-0.2, 0) is 4.96 Å². The third-order valence-electron chi connectivity index (χ3n) is 2.12. The zero-order valence-electron chi connectivity index (χ0n) is 7.94. The molecule has 0 spiro atoms. The van der Waals surface area contributed by atoms with Gasteiger partial charge in [-0.3, -0.25) is 4.57 Å². The molecule has 1 aromatic heterocycles. The van der Waals surface area contributed by atoms with Gasteiger partial charge in [-0.15, -0.1) is 0 Å². The molecule has 0 amide bonds. The number of hydrogen-bond donors (Lipinski definition) is 0. The highest BCUT2D eigenvalue weighted by Crippen LogP contribution is 2.36. The number of benzene rings is 1. The Hall–Kier alpha value is -0.390. The third-order valence-corrected chi connectivity index (χ3v) is 3.19. The lowest BCUT2D eigenvalue weighted by molar-refractivity contribution is 0.0353. The molecule has 0 unspecified atom stereocenters. The molecular weight excluding hydrogens is 325 g/mol. The number of alkyl halides is 3. The summed E-state index contributed by atoms with van der Waals surface area (Å²) in [6.07, 6.45) is 0. The summed E-state index contributed by atoms with van der Waals surface area (Å²) < 4.78 is 27.3. The molecule has 16 heavy (non-hydrogen) atoms. The van der Waals surface area contributed by atoms with E-state index in [0.717, 1.165) is 4.57 Å². The maximum Gasteiger partial charge on any atom is 0.388 e. The summed E-state index contributed by atoms with van der Waals surface area (Å²) in [6, 6.07) is 2.83. The molecular formula is C9H5BrCl2F2N2. The largest absolute Gasteiger partial charge is 0.388 e. The van der Waals surface area contributed by atoms with E-state index in [1.54, 1.807) is 0 Å². The Morgan fingerprint density at radius 2 is 1.88 bits per heavy atom. The Labute approximate surface area is 108 Å². The standard InChI is InChI=1S/C9H5BrCl2F2N2/c1-4-15-7-2-5(11)6(12)3-8(7)16(4)9(10,13)14/h2-3H,1H3. The minimum absolute atomic E-state index is 0.176. The second-order valence-electron chi connectivity index (χ2n) is 3.22. The van der Waals surface area contributed by atoms with Crippen LogP contribution in [0.5, 0.6) is 0 Å². The van der Waals surface area contributed by atoms with Gasteiger partial charge in [-0.1, -0.05) is 23.2 Å². The smallest absolute Gasteiger partial charge is 0.258 e. The van der Waals surface area contributed by atoms with Crippen LogP contribution in [0.4, 0.5) is 8.78 Å². The topological polar surface area (TPSA) is 17.8 Å². The minimum Gasteiger partial charge on any atom is -0.258 e. The first-order valence-electron chi connectivity index (χ1n) is 4.22. The summed E-state index contributed by atoms with van der Waals surface area (Å²) >= 11 is 13.9. The lowest BCUT2D eigenvalue weighted by atomic mass is 10.3. The Morgan fingerprint density at radius 1 is 1.31 bits per heavy atom. The fraction of sp³-hybridized carbons (Fsp3) is 0.222. The zero-order valence-corrected chi connectivity index (χ0v) is 11.0. The van der Waals surface area contributed by atoms with E-state index in [9.17, 15) is 8.78 Å². The van der Waals surface area contributed by atoms with E-state index in [-0.39, 0.29) is 21.4 Å². The van der Waals surface area contributed by atoms with Gasteiger partial charge in [0.15, 0.2) is 0 Å². The van der Waals surface area contributed by atoms with Crippen molar-refractivity contribution in [2.24, 2.45) is 0 Å². The van der Waals surface area contributed by atoms with Crippen molar-refractivity contribution >= 4 is 50.2 Å². The molecule has 2 aromatic rings. The van der Waals surface area contributed by atoms with Gasteiger partial charge < -0.3 is 0 Å². The summed E-state index contributed by atoms with van der Waals surface area (Å²) in [7, 11) is 0. The average Bonchev–Trinajstić information content (AvgIpc) is 2.40. The first-order valence-corrected chi connectivity index (χ1v) is 5.77. The van der Waals surface area contributed by atoms with E-state index < -0.39 is 4.96 Å². The van der Waals surface area contributed by atoms with Crippen molar-refractivity contribution in [3.05, 3.63) is 28.0 Å². The predicted molar refractivity (Wildman–Crippen MR) is 63.6 cm³/mol. The van der Waals surface area contributed by atoms with Gasteiger partial charge >= 0.3 is 4.96 Å². The fourth-order valence-corrected chi connectivity index (χ4v) is 2.28. The average molecular weight is 330 g/mol. The number of hydrogen-bond acceptors (Lipinski definition) is 1. The monoisotopic (exact) mass is 328 g/mol. The Bertz CT molecular complexity index is 563. The molecule has 7 heteroatoms. The van der Waals surface area contributed by atoms with E-state index in [0.29, 0.717) is 5.52 Å². The van der Waals surface area contributed by atoms with Crippen LogP contribution >= 0.6 is 39.1 Å². The first-order chi connectivity index (χ1) is 7.30. The van der Waals surface area contributed by atoms with Crippen LogP contribution in [0.1, 0.15) is 5.82 Å². The maximum absolute atomic E-state index is 13.3. The second-order valence-corrected chi connectivity index (χ2v) is 4.99. The van der Waals surface area contributed by atoms with Gasteiger partial charge in [-0.25, -0.2) is 4.98 Å². The molecule has 0 aliphatic rings. The molecule has 2 rings (SSSR count). The number of aromatic nitrogens is 2. The van der Waals surface area contributed by atoms with Crippen LogP contribution in [0.25, 0.3) is 11.0 Å². The van der Waals surface area contributed by atoms with E-state index in [1.807, 2.05) is 0 Å². The number of rotatable bonds is 1. The van der Waals surface area contributed by atoms with Crippen LogP contribution in [0.3, 0.4) is 0 Å². The highest BCUT2D eigenvalue weighted by Gasteiger charge is 2.31. The summed E-state index contributed by atoms with van der Waals surface area (Å²) in [5.41, 5.74) is 0.611. The number of halogens is 5. The van der Waals surface area contributed by atoms with E-state index in [2.05, 4.69) is 20.9 Å². The summed E-state index contributed by atoms with van der Waals surface area (Å²) in [6.45, 7) is 1.48. The Morgan fingerprint density at radius 3 is 2.44 bits per heavy atom. The fourth-order valence-electron chi connectivity index (χ4n) is 1.51. The van der Waals surface area contributed by atoms with Gasteiger partial charge in [-0.2, -0.15) is 8.78 Å². The Balaban J connectivity index is 2.84. The molecule has 0 radical (unpaired) electrons. The molecule has 0 N–H and O–H groups in total. The van der Waals surface area contributed by atoms with Crippen LogP contribution in [0, 0.1) is 6.92 Å². The second kappa shape index (κ2) is 3.82. The van der Waals surface area contributed by atoms with Gasteiger partial charge in [-0.05, 0) is 19.1 Å². The van der Waals surface area contributed by atoms with Crippen molar-refractivity contribution in [2.75, 3.05) is 0 Å². The number of aryl methyl sites for hydroxylation is 1. The molecule has 0 saturated carbocycles. The van der Waals surface area contributed by atoms with Crippen LogP contribution < -0.4 is 0 Å². The van der Waals surface area contributed by atoms with Crippen LogP contribution in [0.15, 0.2) is 12.1 Å². The Kier molecular flexibility index (Phi) is 2.88. The van der Waals surface area contributed by atoms with Gasteiger partial charge in [0, 0.05) is 15.9 Å². The summed E-state index contributed by atoms with van der Waals surface area (Å²) in [5, 5.41) is 0.503. The van der Waals surface area contributed by atoms with Gasteiger partial charge in [0.25, 0.3) is 0 Å². The molecule has 1 aromatic carbocycles. The quantitative estimate of drug-likeness (QED) is 0.702. The van der Waals surface area contributed by atoms with Crippen molar-refractivity contribution in [3.8, 4) is 0 Å². The molecule has 0 saturated heterocycles. The molecule has 0 fully saturated rings. The SMILES string of the molecule is Cc1nc2cc(Cl)c(Cl)cc2n1C(F)(F)Br. The minimum atomic E-state index is -3.21. The van der Waals surface area contributed by atoms with Crippen LogP contribution in [0.2, 0.25) is 10.0 Å².